The molecule has 1 rings (SSSR count). The molecular formula is C34H59Cl3NO8P. The van der Waals surface area contributed by atoms with Crippen LogP contribution in [-0.2, 0) is 34.9 Å². The van der Waals surface area contributed by atoms with Crippen LogP contribution < -0.4 is 5.32 Å². The van der Waals surface area contributed by atoms with Gasteiger partial charge in [0.15, 0.2) is 6.29 Å². The second-order valence-corrected chi connectivity index (χ2v) is 16.3. The summed E-state index contributed by atoms with van der Waals surface area (Å²) in [5.74, 6) is 0. The molecule has 1 amide bonds. The molecule has 0 saturated heterocycles. The molecule has 0 aliphatic heterocycles. The molecule has 47 heavy (non-hydrogen) atoms. The third kappa shape index (κ3) is 30.0. The van der Waals surface area contributed by atoms with Gasteiger partial charge in [0.25, 0.3) is 0 Å². The number of unbranched alkanes of at least 4 members (excludes halogenated alkanes) is 15. The van der Waals surface area contributed by atoms with E-state index in [1.165, 1.54) is 89.9 Å². The van der Waals surface area contributed by atoms with Crippen molar-refractivity contribution in [1.29, 1.82) is 0 Å². The van der Waals surface area contributed by atoms with E-state index in [0.29, 0.717) is 19.6 Å². The van der Waals surface area contributed by atoms with Crippen LogP contribution in [0.5, 0.6) is 0 Å². The molecule has 9 nitrogen and oxygen atoms in total. The standard InChI is InChI=1S/C34H59Cl3NO8P/c1-2-3-4-5-6-7-8-9-10-11-12-13-14-15-16-20-26-42-27-24-32(43-29-31-22-18-17-19-23-31)45-46-47(40,41)28-21-25-38-33(39)44-30-34(35,36)37/h17-19,22-23,32H,2-16,20-21,24-30H2,1H3,(H,38,39)(H,40,41). The molecule has 1 aromatic rings. The number of amides is 1. The highest BCUT2D eigenvalue weighted by molar-refractivity contribution is 7.52. The van der Waals surface area contributed by atoms with Crippen molar-refractivity contribution in [3.63, 3.8) is 0 Å². The SMILES string of the molecule is CCCCCCCCCCCCCCCCCCOCCC(OCc1ccccc1)OOP(=O)(O)CCCNC(=O)OCC(Cl)(Cl)Cl. The molecule has 1 aromatic carbocycles. The zero-order chi connectivity index (χ0) is 34.5. The van der Waals surface area contributed by atoms with Gasteiger partial charge >= 0.3 is 13.7 Å². The van der Waals surface area contributed by atoms with Crippen molar-refractivity contribution in [1.82, 2.24) is 5.32 Å². The lowest BCUT2D eigenvalue weighted by molar-refractivity contribution is -0.329. The smallest absolute Gasteiger partial charge is 0.407 e. The average molecular weight is 747 g/mol. The normalized spacial score (nSPS) is 13.7. The molecule has 0 heterocycles. The van der Waals surface area contributed by atoms with E-state index >= 15 is 0 Å². The molecule has 2 atom stereocenters. The summed E-state index contributed by atoms with van der Waals surface area (Å²) in [6.07, 6.45) is 19.6. The van der Waals surface area contributed by atoms with E-state index in [-0.39, 0.29) is 25.7 Å². The predicted molar refractivity (Wildman–Crippen MR) is 191 cm³/mol. The second kappa shape index (κ2) is 29.2. The first-order chi connectivity index (χ1) is 22.6. The van der Waals surface area contributed by atoms with Crippen LogP contribution in [0.25, 0.3) is 0 Å². The molecule has 0 aliphatic carbocycles. The molecule has 2 unspecified atom stereocenters. The Morgan fingerprint density at radius 1 is 0.830 bits per heavy atom. The Morgan fingerprint density at radius 2 is 1.38 bits per heavy atom. The Kier molecular flexibility index (Phi) is 27.5. The van der Waals surface area contributed by atoms with Gasteiger partial charge in [0.2, 0.25) is 3.79 Å². The molecule has 2 N–H and O–H groups in total. The summed E-state index contributed by atoms with van der Waals surface area (Å²) >= 11 is 16.6. The highest BCUT2D eigenvalue weighted by atomic mass is 35.6. The van der Waals surface area contributed by atoms with Gasteiger partial charge in [0.1, 0.15) is 6.61 Å². The summed E-state index contributed by atoms with van der Waals surface area (Å²) in [6, 6.07) is 9.53. The molecule has 0 bridgehead atoms. The number of benzene rings is 1. The molecule has 274 valence electrons. The fraction of sp³-hybridized carbons (Fsp3) is 0.794. The van der Waals surface area contributed by atoms with E-state index in [1.54, 1.807) is 0 Å². The zero-order valence-corrected chi connectivity index (χ0v) is 31.5. The minimum atomic E-state index is -4.12. The number of nitrogens with one attached hydrogen (secondary N) is 1. The average Bonchev–Trinajstić information content (AvgIpc) is 3.04. The van der Waals surface area contributed by atoms with Crippen molar-refractivity contribution in [3.8, 4) is 0 Å². The van der Waals surface area contributed by atoms with Gasteiger partial charge in [-0.3, -0.25) is 4.57 Å². The van der Waals surface area contributed by atoms with Gasteiger partial charge < -0.3 is 24.4 Å². The van der Waals surface area contributed by atoms with Gasteiger partial charge in [-0.1, -0.05) is 168 Å². The van der Waals surface area contributed by atoms with Crippen LogP contribution in [0, 0.1) is 0 Å². The Morgan fingerprint density at radius 3 is 1.94 bits per heavy atom. The Hall–Kier alpha value is -0.610. The molecule has 0 aromatic heterocycles. The highest BCUT2D eigenvalue weighted by Gasteiger charge is 2.25. The number of halogens is 3. The van der Waals surface area contributed by atoms with Crippen molar-refractivity contribution < 1.29 is 38.0 Å². The lowest BCUT2D eigenvalue weighted by Gasteiger charge is -2.19. The van der Waals surface area contributed by atoms with Crippen LogP contribution in [0.1, 0.15) is 128 Å². The van der Waals surface area contributed by atoms with Gasteiger partial charge in [0.05, 0.1) is 19.4 Å². The van der Waals surface area contributed by atoms with Crippen molar-refractivity contribution in [2.24, 2.45) is 0 Å². The number of rotatable bonds is 31. The maximum absolute atomic E-state index is 12.5. The van der Waals surface area contributed by atoms with Crippen molar-refractivity contribution in [2.45, 2.75) is 139 Å². The minimum absolute atomic E-state index is 0.0493. The molecule has 0 aliphatic rings. The highest BCUT2D eigenvalue weighted by Crippen LogP contribution is 2.43. The Bertz CT molecular complexity index is 926. The number of hydrogen-bond acceptors (Lipinski definition) is 7. The first-order valence-electron chi connectivity index (χ1n) is 17.5. The number of alkyl halides is 3. The largest absolute Gasteiger partial charge is 0.445 e. The lowest BCUT2D eigenvalue weighted by Crippen LogP contribution is -2.29. The summed E-state index contributed by atoms with van der Waals surface area (Å²) in [5, 5.41) is 2.40. The molecule has 13 heteroatoms. The van der Waals surface area contributed by atoms with Crippen molar-refractivity contribution in [3.05, 3.63) is 35.9 Å². The fourth-order valence-electron chi connectivity index (χ4n) is 4.78. The monoisotopic (exact) mass is 745 g/mol. The van der Waals surface area contributed by atoms with E-state index in [0.717, 1.165) is 18.4 Å². The molecular weight excluding hydrogens is 688 g/mol. The summed E-state index contributed by atoms with van der Waals surface area (Å²) in [5.41, 5.74) is 0.926. The van der Waals surface area contributed by atoms with Crippen molar-refractivity contribution in [2.75, 3.05) is 32.5 Å². The van der Waals surface area contributed by atoms with E-state index < -0.39 is 30.4 Å². The van der Waals surface area contributed by atoms with E-state index in [4.69, 9.17) is 58.6 Å². The number of ether oxygens (including phenoxy) is 3. The molecule has 0 radical (unpaired) electrons. The zero-order valence-electron chi connectivity index (χ0n) is 28.3. The van der Waals surface area contributed by atoms with Crippen LogP contribution in [0.15, 0.2) is 30.3 Å². The van der Waals surface area contributed by atoms with Crippen LogP contribution >= 0.6 is 42.4 Å². The fourth-order valence-corrected chi connectivity index (χ4v) is 5.80. The first kappa shape index (κ1) is 44.4. The molecule has 0 fully saturated rings. The predicted octanol–water partition coefficient (Wildman–Crippen LogP) is 10.8. The maximum atomic E-state index is 12.5. The van der Waals surface area contributed by atoms with E-state index in [9.17, 15) is 14.3 Å². The van der Waals surface area contributed by atoms with Crippen LogP contribution in [-0.4, -0.2) is 53.6 Å². The van der Waals surface area contributed by atoms with E-state index in [2.05, 4.69) is 12.2 Å². The summed E-state index contributed by atoms with van der Waals surface area (Å²) in [4.78, 5) is 27.0. The first-order valence-corrected chi connectivity index (χ1v) is 20.4. The molecule has 0 spiro atoms. The maximum Gasteiger partial charge on any atom is 0.407 e. The third-order valence-electron chi connectivity index (χ3n) is 7.44. The summed E-state index contributed by atoms with van der Waals surface area (Å²) in [6.45, 7) is 3.13. The second-order valence-electron chi connectivity index (χ2n) is 11.9. The van der Waals surface area contributed by atoms with Gasteiger partial charge in [-0.25, -0.2) is 4.79 Å². The number of hydrogen-bond donors (Lipinski definition) is 2. The quantitative estimate of drug-likeness (QED) is 0.0193. The van der Waals surface area contributed by atoms with Crippen molar-refractivity contribution >= 4 is 48.5 Å². The lowest BCUT2D eigenvalue weighted by atomic mass is 10.0. The van der Waals surface area contributed by atoms with Gasteiger partial charge in [-0.2, -0.15) is 4.89 Å². The number of carbonyl (C=O) groups excluding carboxylic acids is 1. The van der Waals surface area contributed by atoms with Gasteiger partial charge in [-0.15, -0.1) is 4.67 Å². The summed E-state index contributed by atoms with van der Waals surface area (Å²) in [7, 11) is -4.12. The summed E-state index contributed by atoms with van der Waals surface area (Å²) < 4.78 is 32.0. The topological polar surface area (TPSA) is 113 Å². The minimum Gasteiger partial charge on any atom is -0.445 e. The third-order valence-corrected chi connectivity index (χ3v) is 8.97. The van der Waals surface area contributed by atoms with E-state index in [1.807, 2.05) is 30.3 Å². The van der Waals surface area contributed by atoms with Crippen LogP contribution in [0.3, 0.4) is 0 Å². The number of alkyl carbamates (subject to hydrolysis) is 1. The Balaban J connectivity index is 2.17. The Labute approximate surface area is 298 Å². The van der Waals surface area contributed by atoms with Gasteiger partial charge in [-0.05, 0) is 18.4 Å². The van der Waals surface area contributed by atoms with Crippen LogP contribution in [0.4, 0.5) is 4.79 Å². The van der Waals surface area contributed by atoms with Gasteiger partial charge in [0, 0.05) is 19.6 Å². The van der Waals surface area contributed by atoms with Crippen LogP contribution in [0.2, 0.25) is 0 Å². The molecule has 0 saturated carbocycles. The number of carbonyl (C=O) groups is 1.